The summed E-state index contributed by atoms with van der Waals surface area (Å²) in [6.45, 7) is 3.75. The first-order chi connectivity index (χ1) is 9.96. The van der Waals surface area contributed by atoms with Crippen LogP contribution in [-0.2, 0) is 10.0 Å². The van der Waals surface area contributed by atoms with Crippen molar-refractivity contribution in [3.05, 3.63) is 64.2 Å². The predicted octanol–water partition coefficient (Wildman–Crippen LogP) is 3.99. The van der Waals surface area contributed by atoms with Gasteiger partial charge >= 0.3 is 0 Å². The minimum absolute atomic E-state index is 0.129. The van der Waals surface area contributed by atoms with Crippen LogP contribution in [0, 0.1) is 0 Å². The molecule has 4 nitrogen and oxygen atoms in total. The van der Waals surface area contributed by atoms with Gasteiger partial charge in [0.05, 0.1) is 15.9 Å². The molecule has 0 N–H and O–H groups in total. The summed E-state index contributed by atoms with van der Waals surface area (Å²) in [6, 6.07) is 9.99. The third-order valence-corrected chi connectivity index (χ3v) is 5.44. The van der Waals surface area contributed by atoms with Crippen LogP contribution in [0.1, 0.15) is 0 Å². The highest BCUT2D eigenvalue weighted by Crippen LogP contribution is 2.30. The van der Waals surface area contributed by atoms with Crippen LogP contribution in [-0.4, -0.2) is 19.9 Å². The Morgan fingerprint density at radius 1 is 1.24 bits per heavy atom. The van der Waals surface area contributed by atoms with E-state index in [2.05, 4.69) is 43.4 Å². The van der Waals surface area contributed by atoms with Gasteiger partial charge in [-0.15, -0.1) is 6.58 Å². The van der Waals surface area contributed by atoms with Gasteiger partial charge in [-0.2, -0.15) is 0 Å². The van der Waals surface area contributed by atoms with E-state index in [0.717, 1.165) is 4.47 Å². The molecule has 0 unspecified atom stereocenters. The molecule has 0 aliphatic heterocycles. The molecule has 0 radical (unpaired) electrons. The van der Waals surface area contributed by atoms with Gasteiger partial charge in [-0.05, 0) is 50.1 Å². The monoisotopic (exact) mass is 430 g/mol. The first-order valence-corrected chi connectivity index (χ1v) is 8.99. The van der Waals surface area contributed by atoms with E-state index in [1.54, 1.807) is 42.6 Å². The van der Waals surface area contributed by atoms with Gasteiger partial charge in [-0.25, -0.2) is 17.7 Å². The lowest BCUT2D eigenvalue weighted by molar-refractivity contribution is 0.592. The van der Waals surface area contributed by atoms with Crippen molar-refractivity contribution in [2.45, 2.75) is 4.90 Å². The Labute approximate surface area is 140 Å². The fraction of sp³-hybridized carbons (Fsp3) is 0.0714. The number of benzene rings is 1. The molecule has 0 fully saturated rings. The first-order valence-electron chi connectivity index (χ1n) is 5.96. The van der Waals surface area contributed by atoms with Crippen molar-refractivity contribution in [2.75, 3.05) is 10.8 Å². The van der Waals surface area contributed by atoms with Gasteiger partial charge in [0.1, 0.15) is 0 Å². The smallest absolute Gasteiger partial charge is 0.245 e. The second kappa shape index (κ2) is 6.72. The Morgan fingerprint density at radius 3 is 2.48 bits per heavy atom. The van der Waals surface area contributed by atoms with Crippen LogP contribution >= 0.6 is 31.9 Å². The maximum Gasteiger partial charge on any atom is 0.265 e. The highest BCUT2D eigenvalue weighted by atomic mass is 79.9. The molecular formula is C14H12Br2N2O2S. The standard InChI is InChI=1S/C14H12Br2N2O2S/c1-2-8-18(14-13(16)9-11(15)10-17-14)21(19,20)12-6-4-3-5-7-12/h2-7,9-10H,1,8H2. The fourth-order valence-electron chi connectivity index (χ4n) is 1.73. The van der Waals surface area contributed by atoms with Crippen molar-refractivity contribution in [3.63, 3.8) is 0 Å². The second-order valence-corrected chi connectivity index (χ2v) is 7.73. The number of aromatic nitrogens is 1. The SMILES string of the molecule is C=CCN(c1ncc(Br)cc1Br)S(=O)(=O)c1ccccc1. The van der Waals surface area contributed by atoms with E-state index in [1.807, 2.05) is 0 Å². The normalized spacial score (nSPS) is 11.1. The van der Waals surface area contributed by atoms with Crippen LogP contribution in [0.5, 0.6) is 0 Å². The third kappa shape index (κ3) is 3.53. The number of hydrogen-bond donors (Lipinski definition) is 0. The van der Waals surface area contributed by atoms with E-state index in [0.29, 0.717) is 10.3 Å². The van der Waals surface area contributed by atoms with Crippen molar-refractivity contribution in [1.82, 2.24) is 4.98 Å². The van der Waals surface area contributed by atoms with Gasteiger partial charge in [0.2, 0.25) is 0 Å². The first kappa shape index (κ1) is 16.2. The summed E-state index contributed by atoms with van der Waals surface area (Å²) in [6.07, 6.45) is 3.08. The summed E-state index contributed by atoms with van der Waals surface area (Å²) in [5.41, 5.74) is 0. The van der Waals surface area contributed by atoms with Gasteiger partial charge < -0.3 is 0 Å². The molecule has 2 rings (SSSR count). The number of anilines is 1. The lowest BCUT2D eigenvalue weighted by Gasteiger charge is -2.23. The number of rotatable bonds is 5. The fourth-order valence-corrected chi connectivity index (χ4v) is 4.48. The minimum Gasteiger partial charge on any atom is -0.245 e. The molecule has 0 saturated carbocycles. The number of hydrogen-bond acceptors (Lipinski definition) is 3. The van der Waals surface area contributed by atoms with Gasteiger partial charge in [0.15, 0.2) is 5.82 Å². The van der Waals surface area contributed by atoms with Crippen molar-refractivity contribution >= 4 is 47.7 Å². The van der Waals surface area contributed by atoms with E-state index in [1.165, 1.54) is 10.4 Å². The van der Waals surface area contributed by atoms with Crippen LogP contribution in [0.25, 0.3) is 0 Å². The van der Waals surface area contributed by atoms with E-state index in [9.17, 15) is 8.42 Å². The molecule has 21 heavy (non-hydrogen) atoms. The van der Waals surface area contributed by atoms with Gasteiger partial charge in [-0.1, -0.05) is 24.3 Å². The Balaban J connectivity index is 2.56. The maximum atomic E-state index is 12.8. The molecule has 0 aliphatic rings. The van der Waals surface area contributed by atoms with Crippen molar-refractivity contribution < 1.29 is 8.42 Å². The lowest BCUT2D eigenvalue weighted by atomic mass is 10.4. The quantitative estimate of drug-likeness (QED) is 0.672. The van der Waals surface area contributed by atoms with Crippen LogP contribution in [0.4, 0.5) is 5.82 Å². The number of halogens is 2. The van der Waals surface area contributed by atoms with Crippen molar-refractivity contribution in [2.24, 2.45) is 0 Å². The molecule has 2 aromatic rings. The zero-order valence-electron chi connectivity index (χ0n) is 10.9. The van der Waals surface area contributed by atoms with E-state index in [-0.39, 0.29) is 11.4 Å². The Bertz CT molecular complexity index is 749. The summed E-state index contributed by atoms with van der Waals surface area (Å²) < 4.78 is 28.1. The zero-order chi connectivity index (χ0) is 15.5. The molecule has 1 aromatic carbocycles. The van der Waals surface area contributed by atoms with Crippen molar-refractivity contribution in [1.29, 1.82) is 0 Å². The molecule has 0 aliphatic carbocycles. The summed E-state index contributed by atoms with van der Waals surface area (Å²) in [4.78, 5) is 4.41. The molecule has 1 aromatic heterocycles. The van der Waals surface area contributed by atoms with Crippen molar-refractivity contribution in [3.8, 4) is 0 Å². The lowest BCUT2D eigenvalue weighted by Crippen LogP contribution is -2.32. The average Bonchev–Trinajstić information content (AvgIpc) is 2.46. The number of nitrogens with zero attached hydrogens (tertiary/aromatic N) is 2. The highest BCUT2D eigenvalue weighted by Gasteiger charge is 2.26. The minimum atomic E-state index is -3.70. The van der Waals surface area contributed by atoms with Gasteiger partial charge in [-0.3, -0.25) is 0 Å². The van der Waals surface area contributed by atoms with E-state index in [4.69, 9.17) is 0 Å². The van der Waals surface area contributed by atoms with Gasteiger partial charge in [0.25, 0.3) is 10.0 Å². The molecule has 0 atom stereocenters. The summed E-state index contributed by atoms with van der Waals surface area (Å²) >= 11 is 6.65. The molecule has 0 spiro atoms. The molecule has 110 valence electrons. The molecule has 1 heterocycles. The second-order valence-electron chi connectivity index (χ2n) is 4.10. The Morgan fingerprint density at radius 2 is 1.90 bits per heavy atom. The van der Waals surface area contributed by atoms with Crippen LogP contribution in [0.2, 0.25) is 0 Å². The molecular weight excluding hydrogens is 420 g/mol. The third-order valence-electron chi connectivity index (χ3n) is 2.65. The van der Waals surface area contributed by atoms with E-state index >= 15 is 0 Å². The van der Waals surface area contributed by atoms with Crippen LogP contribution in [0.15, 0.2) is 69.1 Å². The average molecular weight is 432 g/mol. The molecule has 0 saturated heterocycles. The summed E-state index contributed by atoms with van der Waals surface area (Å²) in [5, 5.41) is 0. The van der Waals surface area contributed by atoms with Crippen LogP contribution in [0.3, 0.4) is 0 Å². The highest BCUT2D eigenvalue weighted by molar-refractivity contribution is 9.11. The summed E-state index contributed by atoms with van der Waals surface area (Å²) in [5.74, 6) is 0.321. The summed E-state index contributed by atoms with van der Waals surface area (Å²) in [7, 11) is -3.70. The number of pyridine rings is 1. The molecule has 0 bridgehead atoms. The molecule has 0 amide bonds. The van der Waals surface area contributed by atoms with Crippen LogP contribution < -0.4 is 4.31 Å². The largest absolute Gasteiger partial charge is 0.265 e. The topological polar surface area (TPSA) is 50.3 Å². The predicted molar refractivity (Wildman–Crippen MR) is 90.8 cm³/mol. The van der Waals surface area contributed by atoms with E-state index < -0.39 is 10.0 Å². The zero-order valence-corrected chi connectivity index (χ0v) is 14.9. The molecule has 7 heteroatoms. The Kier molecular flexibility index (Phi) is 5.18. The van der Waals surface area contributed by atoms with Gasteiger partial charge in [0, 0.05) is 10.7 Å². The number of sulfonamides is 1. The Hall–Kier alpha value is -1.18. The maximum absolute atomic E-state index is 12.8.